The number of piperazine rings is 1. The van der Waals surface area contributed by atoms with Gasteiger partial charge in [0.1, 0.15) is 11.9 Å². The molecule has 2 N–H and O–H groups in total. The van der Waals surface area contributed by atoms with E-state index in [0.29, 0.717) is 25.2 Å². The summed E-state index contributed by atoms with van der Waals surface area (Å²) in [5.41, 5.74) is 2.27. The highest BCUT2D eigenvalue weighted by molar-refractivity contribution is 5.84. The number of halogens is 1. The Balaban J connectivity index is 1.85. The van der Waals surface area contributed by atoms with Crippen LogP contribution in [-0.2, 0) is 17.9 Å². The van der Waals surface area contributed by atoms with Crippen LogP contribution < -0.4 is 5.32 Å². The number of aliphatic hydroxyl groups excluding tert-OH is 1. The maximum absolute atomic E-state index is 14.1. The third kappa shape index (κ3) is 3.41. The zero-order valence-electron chi connectivity index (χ0n) is 12.7. The SMILES string of the molecule is O=C1NCCN(Cc2ccc(CO)cc2)C1c1ccccc1F. The van der Waals surface area contributed by atoms with Crippen molar-refractivity contribution >= 4 is 5.91 Å². The fourth-order valence-electron chi connectivity index (χ4n) is 2.90. The third-order valence-electron chi connectivity index (χ3n) is 4.10. The lowest BCUT2D eigenvalue weighted by molar-refractivity contribution is -0.129. The molecule has 1 heterocycles. The lowest BCUT2D eigenvalue weighted by atomic mass is 10.0. The molecule has 0 aliphatic carbocycles. The number of hydrogen-bond donors (Lipinski definition) is 2. The van der Waals surface area contributed by atoms with Gasteiger partial charge in [-0.15, -0.1) is 0 Å². The monoisotopic (exact) mass is 314 g/mol. The summed E-state index contributed by atoms with van der Waals surface area (Å²) in [6, 6.07) is 13.4. The van der Waals surface area contributed by atoms with E-state index in [1.807, 2.05) is 29.2 Å². The lowest BCUT2D eigenvalue weighted by Gasteiger charge is -2.35. The molecule has 3 rings (SSSR count). The van der Waals surface area contributed by atoms with Crippen LogP contribution in [0.5, 0.6) is 0 Å². The van der Waals surface area contributed by atoms with Crippen LogP contribution in [0.1, 0.15) is 22.7 Å². The first-order valence-corrected chi connectivity index (χ1v) is 7.64. The molecule has 1 aliphatic rings. The molecule has 0 bridgehead atoms. The van der Waals surface area contributed by atoms with Crippen molar-refractivity contribution in [2.45, 2.75) is 19.2 Å². The maximum Gasteiger partial charge on any atom is 0.242 e. The molecule has 1 aliphatic heterocycles. The van der Waals surface area contributed by atoms with Gasteiger partial charge in [-0.25, -0.2) is 4.39 Å². The van der Waals surface area contributed by atoms with E-state index in [2.05, 4.69) is 5.32 Å². The smallest absolute Gasteiger partial charge is 0.242 e. The number of nitrogens with zero attached hydrogens (tertiary/aromatic N) is 1. The molecule has 5 heteroatoms. The summed E-state index contributed by atoms with van der Waals surface area (Å²) in [6.45, 7) is 1.77. The van der Waals surface area contributed by atoms with Gasteiger partial charge in [0.2, 0.25) is 5.91 Å². The summed E-state index contributed by atoms with van der Waals surface area (Å²) < 4.78 is 14.1. The molecular formula is C18H19FN2O2. The summed E-state index contributed by atoms with van der Waals surface area (Å²) in [7, 11) is 0. The number of hydrogen-bond acceptors (Lipinski definition) is 3. The van der Waals surface area contributed by atoms with E-state index < -0.39 is 6.04 Å². The lowest BCUT2D eigenvalue weighted by Crippen LogP contribution is -2.49. The molecule has 2 aromatic carbocycles. The van der Waals surface area contributed by atoms with Crippen molar-refractivity contribution in [3.63, 3.8) is 0 Å². The Kier molecular flexibility index (Phi) is 4.69. The highest BCUT2D eigenvalue weighted by Gasteiger charge is 2.32. The fraction of sp³-hybridized carbons (Fsp3) is 0.278. The number of carbonyl (C=O) groups excluding carboxylic acids is 1. The molecule has 0 saturated carbocycles. The van der Waals surface area contributed by atoms with Gasteiger partial charge in [-0.05, 0) is 17.2 Å². The van der Waals surface area contributed by atoms with Crippen molar-refractivity contribution in [1.82, 2.24) is 10.2 Å². The first kappa shape index (κ1) is 15.6. The molecular weight excluding hydrogens is 295 g/mol. The van der Waals surface area contributed by atoms with E-state index in [1.54, 1.807) is 18.2 Å². The largest absolute Gasteiger partial charge is 0.392 e. The number of amides is 1. The standard InChI is InChI=1S/C18H19FN2O2/c19-16-4-2-1-3-15(16)17-18(23)20-9-10-21(17)11-13-5-7-14(12-22)8-6-13/h1-8,17,22H,9-12H2,(H,20,23). The van der Waals surface area contributed by atoms with Gasteiger partial charge in [-0.3, -0.25) is 9.69 Å². The van der Waals surface area contributed by atoms with Crippen molar-refractivity contribution in [1.29, 1.82) is 0 Å². The first-order chi connectivity index (χ1) is 11.2. The molecule has 0 spiro atoms. The minimum absolute atomic E-state index is 0.00422. The molecule has 4 nitrogen and oxygen atoms in total. The Morgan fingerprint density at radius 3 is 2.52 bits per heavy atom. The molecule has 1 fully saturated rings. The molecule has 1 unspecified atom stereocenters. The average molecular weight is 314 g/mol. The summed E-state index contributed by atoms with van der Waals surface area (Å²) in [4.78, 5) is 14.3. The second kappa shape index (κ2) is 6.89. The van der Waals surface area contributed by atoms with E-state index in [4.69, 9.17) is 5.11 Å². The van der Waals surface area contributed by atoms with Gasteiger partial charge in [0.25, 0.3) is 0 Å². The average Bonchev–Trinajstić information content (AvgIpc) is 2.57. The Morgan fingerprint density at radius 1 is 1.13 bits per heavy atom. The van der Waals surface area contributed by atoms with Gasteiger partial charge < -0.3 is 10.4 Å². The third-order valence-corrected chi connectivity index (χ3v) is 4.10. The topological polar surface area (TPSA) is 52.6 Å². The summed E-state index contributed by atoms with van der Waals surface area (Å²) in [5, 5.41) is 11.9. The van der Waals surface area contributed by atoms with Gasteiger partial charge in [0, 0.05) is 25.2 Å². The Hall–Kier alpha value is -2.24. The van der Waals surface area contributed by atoms with E-state index in [0.717, 1.165) is 11.1 Å². The van der Waals surface area contributed by atoms with Crippen molar-refractivity contribution in [3.8, 4) is 0 Å². The van der Waals surface area contributed by atoms with E-state index in [1.165, 1.54) is 6.07 Å². The van der Waals surface area contributed by atoms with Crippen LogP contribution in [0.25, 0.3) is 0 Å². The van der Waals surface area contributed by atoms with Gasteiger partial charge >= 0.3 is 0 Å². The molecule has 23 heavy (non-hydrogen) atoms. The van der Waals surface area contributed by atoms with Crippen molar-refractivity contribution in [2.24, 2.45) is 0 Å². The molecule has 2 aromatic rings. The van der Waals surface area contributed by atoms with Gasteiger partial charge in [0.15, 0.2) is 0 Å². The van der Waals surface area contributed by atoms with Crippen LogP contribution >= 0.6 is 0 Å². The minimum atomic E-state index is -0.623. The number of carbonyl (C=O) groups is 1. The molecule has 0 aromatic heterocycles. The van der Waals surface area contributed by atoms with Crippen molar-refractivity contribution in [3.05, 3.63) is 71.0 Å². The predicted molar refractivity (Wildman–Crippen MR) is 84.9 cm³/mol. The van der Waals surface area contributed by atoms with Crippen LogP contribution in [0.4, 0.5) is 4.39 Å². The summed E-state index contributed by atoms with van der Waals surface area (Å²) in [5.74, 6) is -0.538. The van der Waals surface area contributed by atoms with Crippen molar-refractivity contribution < 1.29 is 14.3 Å². The Labute approximate surface area is 134 Å². The van der Waals surface area contributed by atoms with Gasteiger partial charge in [-0.2, -0.15) is 0 Å². The van der Waals surface area contributed by atoms with E-state index in [9.17, 15) is 9.18 Å². The number of rotatable bonds is 4. The first-order valence-electron chi connectivity index (χ1n) is 7.64. The van der Waals surface area contributed by atoms with Gasteiger partial charge in [-0.1, -0.05) is 42.5 Å². The maximum atomic E-state index is 14.1. The quantitative estimate of drug-likeness (QED) is 0.907. The van der Waals surface area contributed by atoms with Crippen LogP contribution in [0.2, 0.25) is 0 Å². The van der Waals surface area contributed by atoms with Gasteiger partial charge in [0.05, 0.1) is 6.61 Å². The molecule has 0 radical (unpaired) electrons. The van der Waals surface area contributed by atoms with Crippen LogP contribution in [-0.4, -0.2) is 29.0 Å². The molecule has 1 atom stereocenters. The number of benzene rings is 2. The second-order valence-electron chi connectivity index (χ2n) is 5.66. The Morgan fingerprint density at radius 2 is 1.83 bits per heavy atom. The van der Waals surface area contributed by atoms with E-state index >= 15 is 0 Å². The zero-order valence-corrected chi connectivity index (χ0v) is 12.7. The number of aliphatic hydroxyl groups is 1. The van der Waals surface area contributed by atoms with Crippen LogP contribution in [0.15, 0.2) is 48.5 Å². The van der Waals surface area contributed by atoms with E-state index in [-0.39, 0.29) is 18.3 Å². The molecule has 1 saturated heterocycles. The number of nitrogens with one attached hydrogen (secondary N) is 1. The zero-order chi connectivity index (χ0) is 16.2. The predicted octanol–water partition coefficient (Wildman–Crippen LogP) is 1.99. The summed E-state index contributed by atoms with van der Waals surface area (Å²) in [6.07, 6.45) is 0. The van der Waals surface area contributed by atoms with Crippen LogP contribution in [0.3, 0.4) is 0 Å². The minimum Gasteiger partial charge on any atom is -0.392 e. The highest BCUT2D eigenvalue weighted by atomic mass is 19.1. The summed E-state index contributed by atoms with van der Waals surface area (Å²) >= 11 is 0. The second-order valence-corrected chi connectivity index (χ2v) is 5.66. The fourth-order valence-corrected chi connectivity index (χ4v) is 2.90. The van der Waals surface area contributed by atoms with Crippen LogP contribution in [0, 0.1) is 5.82 Å². The van der Waals surface area contributed by atoms with Crippen molar-refractivity contribution in [2.75, 3.05) is 13.1 Å². The molecule has 1 amide bonds. The normalized spacial score (nSPS) is 18.7. The molecule has 120 valence electrons. The Bertz CT molecular complexity index is 688. The highest BCUT2D eigenvalue weighted by Crippen LogP contribution is 2.27.